The normalized spacial score (nSPS) is 15.2. The summed E-state index contributed by atoms with van der Waals surface area (Å²) in [6.07, 6.45) is 0.487. The van der Waals surface area contributed by atoms with E-state index >= 15 is 0 Å². The van der Waals surface area contributed by atoms with Crippen molar-refractivity contribution in [1.29, 1.82) is 5.26 Å². The lowest BCUT2D eigenvalue weighted by atomic mass is 10.0. The van der Waals surface area contributed by atoms with Gasteiger partial charge in [0.2, 0.25) is 11.7 Å². The van der Waals surface area contributed by atoms with Gasteiger partial charge in [-0.25, -0.2) is 0 Å². The predicted octanol–water partition coefficient (Wildman–Crippen LogP) is 2.91. The Morgan fingerprint density at radius 3 is 2.61 bits per heavy atom. The van der Waals surface area contributed by atoms with Crippen molar-refractivity contribution >= 4 is 0 Å². The van der Waals surface area contributed by atoms with Crippen LogP contribution >= 0.6 is 0 Å². The topological polar surface area (TPSA) is 78.4 Å². The Labute approximate surface area is 166 Å². The van der Waals surface area contributed by atoms with E-state index in [1.54, 1.807) is 0 Å². The van der Waals surface area contributed by atoms with Gasteiger partial charge in [0, 0.05) is 44.7 Å². The first kappa shape index (κ1) is 20.5. The smallest absolute Gasteiger partial charge is 0.241 e. The largest absolute Gasteiger partial charge is 0.379 e. The fourth-order valence-electron chi connectivity index (χ4n) is 3.23. The van der Waals surface area contributed by atoms with Gasteiger partial charge in [-0.3, -0.25) is 9.80 Å². The van der Waals surface area contributed by atoms with E-state index in [1.165, 1.54) is 5.56 Å². The van der Waals surface area contributed by atoms with E-state index in [0.29, 0.717) is 37.1 Å². The number of nitriles is 1. The molecule has 0 N–H and O–H groups in total. The van der Waals surface area contributed by atoms with Crippen LogP contribution in [0.25, 0.3) is 11.4 Å². The molecule has 28 heavy (non-hydrogen) atoms. The van der Waals surface area contributed by atoms with Crippen molar-refractivity contribution in [2.75, 3.05) is 45.9 Å². The maximum atomic E-state index is 8.96. The first-order valence-corrected chi connectivity index (χ1v) is 9.98. The Kier molecular flexibility index (Phi) is 7.54. The third-order valence-corrected chi connectivity index (χ3v) is 5.04. The first-order chi connectivity index (χ1) is 13.7. The molecule has 1 aliphatic rings. The molecule has 1 aromatic carbocycles. The summed E-state index contributed by atoms with van der Waals surface area (Å²) in [5.41, 5.74) is 2.24. The highest BCUT2D eigenvalue weighted by Crippen LogP contribution is 2.20. The molecule has 0 unspecified atom stereocenters. The van der Waals surface area contributed by atoms with Crippen LogP contribution in [-0.4, -0.2) is 65.9 Å². The second-order valence-electron chi connectivity index (χ2n) is 7.43. The van der Waals surface area contributed by atoms with E-state index in [9.17, 15) is 0 Å². The van der Waals surface area contributed by atoms with Crippen LogP contribution < -0.4 is 0 Å². The quantitative estimate of drug-likeness (QED) is 0.659. The summed E-state index contributed by atoms with van der Waals surface area (Å²) in [5, 5.41) is 13.1. The summed E-state index contributed by atoms with van der Waals surface area (Å²) >= 11 is 0. The maximum absolute atomic E-state index is 8.96. The molecule has 2 heterocycles. The minimum absolute atomic E-state index is 0.487. The number of aromatic nitrogens is 2. The summed E-state index contributed by atoms with van der Waals surface area (Å²) < 4.78 is 10.9. The summed E-state index contributed by atoms with van der Waals surface area (Å²) in [7, 11) is 0. The second kappa shape index (κ2) is 10.3. The average molecular weight is 383 g/mol. The molecule has 7 heteroatoms. The van der Waals surface area contributed by atoms with Crippen LogP contribution in [0, 0.1) is 11.3 Å². The lowest BCUT2D eigenvalue weighted by Gasteiger charge is -2.29. The minimum Gasteiger partial charge on any atom is -0.379 e. The van der Waals surface area contributed by atoms with Crippen molar-refractivity contribution in [3.63, 3.8) is 0 Å². The molecule has 0 aliphatic carbocycles. The van der Waals surface area contributed by atoms with Gasteiger partial charge < -0.3 is 9.26 Å². The number of rotatable bonds is 9. The average Bonchev–Trinajstić information content (AvgIpc) is 3.19. The zero-order chi connectivity index (χ0) is 19.8. The van der Waals surface area contributed by atoms with E-state index in [2.05, 4.69) is 52.0 Å². The lowest BCUT2D eigenvalue weighted by Crippen LogP contribution is -2.41. The zero-order valence-electron chi connectivity index (χ0n) is 16.8. The van der Waals surface area contributed by atoms with E-state index < -0.39 is 0 Å². The van der Waals surface area contributed by atoms with Crippen LogP contribution in [-0.2, 0) is 11.3 Å². The Morgan fingerprint density at radius 1 is 1.18 bits per heavy atom. The molecule has 1 fully saturated rings. The third-order valence-electron chi connectivity index (χ3n) is 5.04. The van der Waals surface area contributed by atoms with E-state index in [4.69, 9.17) is 14.5 Å². The van der Waals surface area contributed by atoms with Gasteiger partial charge in [0.05, 0.1) is 25.8 Å². The van der Waals surface area contributed by atoms with Gasteiger partial charge >= 0.3 is 0 Å². The maximum Gasteiger partial charge on any atom is 0.241 e. The summed E-state index contributed by atoms with van der Waals surface area (Å²) in [5.74, 6) is 1.69. The van der Waals surface area contributed by atoms with E-state index in [0.717, 1.165) is 45.0 Å². The van der Waals surface area contributed by atoms with E-state index in [-0.39, 0.29) is 0 Å². The monoisotopic (exact) mass is 383 g/mol. The molecule has 1 aromatic heterocycles. The summed E-state index contributed by atoms with van der Waals surface area (Å²) in [4.78, 5) is 9.16. The van der Waals surface area contributed by atoms with Gasteiger partial charge in [-0.2, -0.15) is 10.2 Å². The Hall–Kier alpha value is -2.27. The first-order valence-electron chi connectivity index (χ1n) is 9.98. The molecule has 1 aliphatic heterocycles. The molecular weight excluding hydrogens is 354 g/mol. The van der Waals surface area contributed by atoms with Gasteiger partial charge in [-0.15, -0.1) is 0 Å². The SMILES string of the molecule is CC(C)c1ccc(-c2noc(CN(CCC#N)CCN3CCOCC3)n2)cc1. The number of hydrogen-bond donors (Lipinski definition) is 0. The number of benzene rings is 1. The molecule has 7 nitrogen and oxygen atoms in total. The van der Waals surface area contributed by atoms with Gasteiger partial charge in [-0.1, -0.05) is 43.3 Å². The van der Waals surface area contributed by atoms with Crippen molar-refractivity contribution in [1.82, 2.24) is 19.9 Å². The van der Waals surface area contributed by atoms with Gasteiger partial charge in [0.1, 0.15) is 0 Å². The highest BCUT2D eigenvalue weighted by atomic mass is 16.5. The van der Waals surface area contributed by atoms with Crippen molar-refractivity contribution in [2.24, 2.45) is 0 Å². The lowest BCUT2D eigenvalue weighted by molar-refractivity contribution is 0.0325. The number of hydrogen-bond acceptors (Lipinski definition) is 7. The zero-order valence-corrected chi connectivity index (χ0v) is 16.8. The van der Waals surface area contributed by atoms with Crippen LogP contribution in [0.2, 0.25) is 0 Å². The Morgan fingerprint density at radius 2 is 1.93 bits per heavy atom. The molecule has 0 spiro atoms. The number of morpholine rings is 1. The highest BCUT2D eigenvalue weighted by Gasteiger charge is 2.16. The Balaban J connectivity index is 1.59. The standard InChI is InChI=1S/C21H29N5O2/c1-17(2)18-4-6-19(7-5-18)21-23-20(28-24-21)16-26(9-3-8-22)11-10-25-12-14-27-15-13-25/h4-7,17H,3,9-16H2,1-2H3. The summed E-state index contributed by atoms with van der Waals surface area (Å²) in [6, 6.07) is 10.5. The van der Waals surface area contributed by atoms with Gasteiger partial charge in [-0.05, 0) is 11.5 Å². The minimum atomic E-state index is 0.487. The van der Waals surface area contributed by atoms with E-state index in [1.807, 2.05) is 12.1 Å². The molecule has 0 bridgehead atoms. The molecule has 150 valence electrons. The fraction of sp³-hybridized carbons (Fsp3) is 0.571. The molecule has 0 saturated carbocycles. The fourth-order valence-corrected chi connectivity index (χ4v) is 3.23. The van der Waals surface area contributed by atoms with Crippen LogP contribution in [0.15, 0.2) is 28.8 Å². The molecule has 0 radical (unpaired) electrons. The predicted molar refractivity (Wildman–Crippen MR) is 107 cm³/mol. The van der Waals surface area contributed by atoms with Gasteiger partial charge in [0.15, 0.2) is 0 Å². The van der Waals surface area contributed by atoms with Crippen molar-refractivity contribution in [2.45, 2.75) is 32.7 Å². The van der Waals surface area contributed by atoms with Crippen LogP contribution in [0.4, 0.5) is 0 Å². The molecule has 3 rings (SSSR count). The van der Waals surface area contributed by atoms with Crippen molar-refractivity contribution in [3.05, 3.63) is 35.7 Å². The third kappa shape index (κ3) is 5.86. The van der Waals surface area contributed by atoms with Gasteiger partial charge in [0.25, 0.3) is 0 Å². The number of nitrogens with zero attached hydrogens (tertiary/aromatic N) is 5. The molecule has 0 atom stereocenters. The molecule has 1 saturated heterocycles. The van der Waals surface area contributed by atoms with Crippen LogP contribution in [0.1, 0.15) is 37.6 Å². The summed E-state index contributed by atoms with van der Waals surface area (Å²) in [6.45, 7) is 10.9. The Bertz CT molecular complexity index is 760. The van der Waals surface area contributed by atoms with Crippen molar-refractivity contribution < 1.29 is 9.26 Å². The van der Waals surface area contributed by atoms with Crippen molar-refractivity contribution in [3.8, 4) is 17.5 Å². The van der Waals surface area contributed by atoms with Crippen LogP contribution in [0.5, 0.6) is 0 Å². The molecular formula is C21H29N5O2. The molecule has 2 aromatic rings. The van der Waals surface area contributed by atoms with Crippen LogP contribution in [0.3, 0.4) is 0 Å². The highest BCUT2D eigenvalue weighted by molar-refractivity contribution is 5.54. The number of ether oxygens (including phenoxy) is 1. The molecule has 0 amide bonds. The second-order valence-corrected chi connectivity index (χ2v) is 7.43.